The van der Waals surface area contributed by atoms with Gasteiger partial charge >= 0.3 is 0 Å². The first kappa shape index (κ1) is 11.6. The second-order valence-corrected chi connectivity index (χ2v) is 4.47. The summed E-state index contributed by atoms with van der Waals surface area (Å²) in [7, 11) is 0. The number of rotatable bonds is 2. The molecule has 1 N–H and O–H groups in total. The van der Waals surface area contributed by atoms with Crippen molar-refractivity contribution in [2.45, 2.75) is 25.9 Å². The van der Waals surface area contributed by atoms with Crippen molar-refractivity contribution in [1.82, 2.24) is 0 Å². The van der Waals surface area contributed by atoms with Gasteiger partial charge in [-0.1, -0.05) is 6.07 Å². The predicted octanol–water partition coefficient (Wildman–Crippen LogP) is 2.07. The highest BCUT2D eigenvalue weighted by Crippen LogP contribution is 2.21. The normalized spacial score (nSPS) is 25.7. The summed E-state index contributed by atoms with van der Waals surface area (Å²) in [4.78, 5) is 0. The average Bonchev–Trinajstić information content (AvgIpc) is 2.25. The Labute approximate surface area is 95.1 Å². The fourth-order valence-corrected chi connectivity index (χ4v) is 2.15. The van der Waals surface area contributed by atoms with Gasteiger partial charge in [-0.2, -0.15) is 0 Å². The van der Waals surface area contributed by atoms with Crippen LogP contribution in [0.4, 0.5) is 4.39 Å². The minimum atomic E-state index is -0.293. The molecule has 1 aliphatic rings. The Morgan fingerprint density at radius 2 is 2.31 bits per heavy atom. The molecule has 1 aromatic rings. The first-order valence-electron chi connectivity index (χ1n) is 5.67. The highest BCUT2D eigenvalue weighted by molar-refractivity contribution is 5.27. The van der Waals surface area contributed by atoms with Gasteiger partial charge in [0.25, 0.3) is 0 Å². The number of hydrogen-bond acceptors (Lipinski definition) is 2. The molecule has 3 heteroatoms. The Morgan fingerprint density at radius 3 is 3.00 bits per heavy atom. The van der Waals surface area contributed by atoms with Crippen molar-refractivity contribution >= 4 is 0 Å². The molecule has 2 rings (SSSR count). The molecule has 0 bridgehead atoms. The third kappa shape index (κ3) is 2.60. The van der Waals surface area contributed by atoms with Crippen LogP contribution in [-0.2, 0) is 11.2 Å². The predicted molar refractivity (Wildman–Crippen MR) is 59.8 cm³/mol. The lowest BCUT2D eigenvalue weighted by Gasteiger charge is -2.28. The third-order valence-electron chi connectivity index (χ3n) is 3.22. The van der Waals surface area contributed by atoms with E-state index in [0.717, 1.165) is 17.5 Å². The maximum atomic E-state index is 12.9. The quantitative estimate of drug-likeness (QED) is 0.833. The second kappa shape index (κ2) is 4.93. The summed E-state index contributed by atoms with van der Waals surface area (Å²) in [5, 5.41) is 9.82. The van der Waals surface area contributed by atoms with Gasteiger partial charge in [0, 0.05) is 12.5 Å². The molecular weight excluding hydrogens is 207 g/mol. The van der Waals surface area contributed by atoms with E-state index in [2.05, 4.69) is 0 Å². The first-order valence-corrected chi connectivity index (χ1v) is 5.67. The van der Waals surface area contributed by atoms with Crippen molar-refractivity contribution in [2.75, 3.05) is 13.2 Å². The Kier molecular flexibility index (Phi) is 3.56. The summed E-state index contributed by atoms with van der Waals surface area (Å²) in [5.74, 6) is -0.0698. The van der Waals surface area contributed by atoms with Crippen LogP contribution >= 0.6 is 0 Å². The minimum absolute atomic E-state index is 0.137. The summed E-state index contributed by atoms with van der Waals surface area (Å²) in [6, 6.07) is 4.80. The maximum Gasteiger partial charge on any atom is 0.123 e. The van der Waals surface area contributed by atoms with Crippen LogP contribution in [0, 0.1) is 18.7 Å². The van der Waals surface area contributed by atoms with Crippen molar-refractivity contribution in [3.05, 3.63) is 35.1 Å². The summed E-state index contributed by atoms with van der Waals surface area (Å²) in [6.45, 7) is 3.13. The van der Waals surface area contributed by atoms with Crippen molar-refractivity contribution in [1.29, 1.82) is 0 Å². The highest BCUT2D eigenvalue weighted by atomic mass is 19.1. The fourth-order valence-electron chi connectivity index (χ4n) is 2.15. The molecule has 16 heavy (non-hydrogen) atoms. The van der Waals surface area contributed by atoms with E-state index in [-0.39, 0.29) is 17.8 Å². The third-order valence-corrected chi connectivity index (χ3v) is 3.22. The molecule has 2 nitrogen and oxygen atoms in total. The summed E-state index contributed by atoms with van der Waals surface area (Å²) < 4.78 is 18.3. The Bertz CT molecular complexity index is 365. The molecule has 0 saturated carbocycles. The molecule has 88 valence electrons. The lowest BCUT2D eigenvalue weighted by Crippen LogP contribution is -2.33. The van der Waals surface area contributed by atoms with E-state index in [0.29, 0.717) is 19.6 Å². The molecule has 0 radical (unpaired) electrons. The number of aryl methyl sites for hydroxylation is 1. The Hall–Kier alpha value is -0.930. The highest BCUT2D eigenvalue weighted by Gasteiger charge is 2.24. The molecule has 2 unspecified atom stereocenters. The van der Waals surface area contributed by atoms with Crippen LogP contribution in [0.15, 0.2) is 18.2 Å². The lowest BCUT2D eigenvalue weighted by molar-refractivity contribution is -0.0351. The standard InChI is InChI=1S/C13H17FO2/c1-9-6-12(14)3-2-10(9)7-11-8-16-5-4-13(11)15/h2-3,6,11,13,15H,4-5,7-8H2,1H3. The molecule has 0 spiro atoms. The summed E-state index contributed by atoms with van der Waals surface area (Å²) in [5.41, 5.74) is 2.04. The molecule has 1 aliphatic heterocycles. The van der Waals surface area contributed by atoms with E-state index in [1.54, 1.807) is 6.07 Å². The Balaban J connectivity index is 2.07. The summed E-state index contributed by atoms with van der Waals surface area (Å²) in [6.07, 6.45) is 1.16. The van der Waals surface area contributed by atoms with Gasteiger partial charge in [0.15, 0.2) is 0 Å². The second-order valence-electron chi connectivity index (χ2n) is 4.47. The molecule has 1 saturated heterocycles. The number of hydrogen-bond donors (Lipinski definition) is 1. The van der Waals surface area contributed by atoms with E-state index < -0.39 is 0 Å². The van der Waals surface area contributed by atoms with Gasteiger partial charge < -0.3 is 9.84 Å². The largest absolute Gasteiger partial charge is 0.393 e. The molecule has 0 aromatic heterocycles. The monoisotopic (exact) mass is 224 g/mol. The zero-order valence-corrected chi connectivity index (χ0v) is 9.45. The van der Waals surface area contributed by atoms with Crippen LogP contribution < -0.4 is 0 Å². The van der Waals surface area contributed by atoms with Crippen LogP contribution in [0.1, 0.15) is 17.5 Å². The number of aliphatic hydroxyl groups excluding tert-OH is 1. The van der Waals surface area contributed by atoms with Gasteiger partial charge in [-0.3, -0.25) is 0 Å². The Morgan fingerprint density at radius 1 is 1.50 bits per heavy atom. The van der Waals surface area contributed by atoms with E-state index in [4.69, 9.17) is 4.74 Å². The number of halogens is 1. The summed E-state index contributed by atoms with van der Waals surface area (Å²) >= 11 is 0. The number of benzene rings is 1. The maximum absolute atomic E-state index is 12.9. The van der Waals surface area contributed by atoms with Gasteiger partial charge in [0.05, 0.1) is 12.7 Å². The van der Waals surface area contributed by atoms with E-state index in [9.17, 15) is 9.50 Å². The average molecular weight is 224 g/mol. The fraction of sp³-hybridized carbons (Fsp3) is 0.538. The van der Waals surface area contributed by atoms with Crippen LogP contribution in [0.25, 0.3) is 0 Å². The molecule has 1 heterocycles. The number of ether oxygens (including phenoxy) is 1. The van der Waals surface area contributed by atoms with Crippen LogP contribution in [0.3, 0.4) is 0 Å². The molecule has 1 fully saturated rings. The van der Waals surface area contributed by atoms with Crippen molar-refractivity contribution in [3.63, 3.8) is 0 Å². The number of aliphatic hydroxyl groups is 1. The topological polar surface area (TPSA) is 29.5 Å². The van der Waals surface area contributed by atoms with E-state index >= 15 is 0 Å². The van der Waals surface area contributed by atoms with E-state index in [1.165, 1.54) is 12.1 Å². The van der Waals surface area contributed by atoms with Crippen LogP contribution in [0.5, 0.6) is 0 Å². The van der Waals surface area contributed by atoms with Crippen molar-refractivity contribution < 1.29 is 14.2 Å². The van der Waals surface area contributed by atoms with Crippen molar-refractivity contribution in [2.24, 2.45) is 5.92 Å². The minimum Gasteiger partial charge on any atom is -0.393 e. The molecule has 0 aliphatic carbocycles. The smallest absolute Gasteiger partial charge is 0.123 e. The van der Waals surface area contributed by atoms with Gasteiger partial charge in [-0.25, -0.2) is 4.39 Å². The molecule has 1 aromatic carbocycles. The van der Waals surface area contributed by atoms with Gasteiger partial charge in [0.1, 0.15) is 5.82 Å². The zero-order chi connectivity index (χ0) is 11.5. The van der Waals surface area contributed by atoms with Crippen molar-refractivity contribution in [3.8, 4) is 0 Å². The molecular formula is C13H17FO2. The van der Waals surface area contributed by atoms with E-state index in [1.807, 2.05) is 6.92 Å². The van der Waals surface area contributed by atoms with Gasteiger partial charge in [-0.05, 0) is 43.0 Å². The zero-order valence-electron chi connectivity index (χ0n) is 9.45. The molecule has 0 amide bonds. The van der Waals surface area contributed by atoms with Gasteiger partial charge in [0.2, 0.25) is 0 Å². The van der Waals surface area contributed by atoms with Crippen LogP contribution in [0.2, 0.25) is 0 Å². The van der Waals surface area contributed by atoms with Gasteiger partial charge in [-0.15, -0.1) is 0 Å². The first-order chi connectivity index (χ1) is 7.66. The lowest BCUT2D eigenvalue weighted by atomic mass is 9.90. The SMILES string of the molecule is Cc1cc(F)ccc1CC1COCCC1O. The van der Waals surface area contributed by atoms with Crippen LogP contribution in [-0.4, -0.2) is 24.4 Å². The molecule has 2 atom stereocenters.